The molecule has 3 aromatic rings. The molecule has 0 atom stereocenters. The van der Waals surface area contributed by atoms with E-state index in [1.165, 1.54) is 11.3 Å². The van der Waals surface area contributed by atoms with Crippen molar-refractivity contribution in [2.75, 3.05) is 11.9 Å². The van der Waals surface area contributed by atoms with Gasteiger partial charge in [0.25, 0.3) is 5.91 Å². The smallest absolute Gasteiger partial charge is 0.257 e. The van der Waals surface area contributed by atoms with E-state index in [0.717, 1.165) is 15.7 Å². The van der Waals surface area contributed by atoms with E-state index >= 15 is 0 Å². The molecule has 0 aliphatic carbocycles. The molecule has 0 spiro atoms. The van der Waals surface area contributed by atoms with E-state index in [0.29, 0.717) is 28.1 Å². The number of carbonyl (C=O) groups excluding carboxylic acids is 1. The summed E-state index contributed by atoms with van der Waals surface area (Å²) < 4.78 is 6.19. The minimum Gasteiger partial charge on any atom is -0.490 e. The molecule has 8 heteroatoms. The normalized spacial score (nSPS) is 10.4. The first-order valence-corrected chi connectivity index (χ1v) is 10.2. The van der Waals surface area contributed by atoms with Gasteiger partial charge in [-0.1, -0.05) is 59.5 Å². The molecule has 0 saturated carbocycles. The summed E-state index contributed by atoms with van der Waals surface area (Å²) in [6.45, 7) is 4.02. The van der Waals surface area contributed by atoms with Crippen molar-refractivity contribution in [3.8, 4) is 5.75 Å². The van der Waals surface area contributed by atoms with Gasteiger partial charge < -0.3 is 4.74 Å². The van der Waals surface area contributed by atoms with Crippen LogP contribution in [0.15, 0.2) is 65.5 Å². The van der Waals surface area contributed by atoms with Gasteiger partial charge in [0.05, 0.1) is 0 Å². The lowest BCUT2D eigenvalue weighted by Crippen LogP contribution is -2.11. The SMILES string of the molecule is C=CCOc1ccc(C(=O)Nc2nnc(SCc3ccc(Cl)cc3)s2)cc1. The lowest BCUT2D eigenvalue weighted by atomic mass is 10.2. The van der Waals surface area contributed by atoms with Gasteiger partial charge in [-0.25, -0.2) is 0 Å². The number of thioether (sulfide) groups is 1. The summed E-state index contributed by atoms with van der Waals surface area (Å²) in [5, 5.41) is 12.1. The molecule has 0 saturated heterocycles. The molecule has 0 aliphatic rings. The molecule has 138 valence electrons. The predicted octanol–water partition coefficient (Wildman–Crippen LogP) is 5.30. The number of carbonyl (C=O) groups is 1. The first-order valence-electron chi connectivity index (χ1n) is 8.00. The highest BCUT2D eigenvalue weighted by Gasteiger charge is 2.11. The monoisotopic (exact) mass is 417 g/mol. The number of rotatable bonds is 8. The van der Waals surface area contributed by atoms with Gasteiger partial charge in [0.15, 0.2) is 4.34 Å². The van der Waals surface area contributed by atoms with Gasteiger partial charge in [-0.15, -0.1) is 10.2 Å². The quantitative estimate of drug-likeness (QED) is 0.306. The van der Waals surface area contributed by atoms with E-state index < -0.39 is 0 Å². The molecular weight excluding hydrogens is 402 g/mol. The van der Waals surface area contributed by atoms with Crippen molar-refractivity contribution in [2.24, 2.45) is 0 Å². The maximum atomic E-state index is 12.3. The Balaban J connectivity index is 1.54. The van der Waals surface area contributed by atoms with Crippen molar-refractivity contribution >= 4 is 45.7 Å². The largest absolute Gasteiger partial charge is 0.490 e. The summed E-state index contributed by atoms with van der Waals surface area (Å²) in [6.07, 6.45) is 1.67. The van der Waals surface area contributed by atoms with Crippen LogP contribution in [0.5, 0.6) is 5.75 Å². The van der Waals surface area contributed by atoms with E-state index in [1.54, 1.807) is 42.1 Å². The van der Waals surface area contributed by atoms with E-state index in [4.69, 9.17) is 16.3 Å². The fourth-order valence-electron chi connectivity index (χ4n) is 2.07. The van der Waals surface area contributed by atoms with E-state index in [2.05, 4.69) is 22.1 Å². The number of benzene rings is 2. The Morgan fingerprint density at radius 3 is 2.63 bits per heavy atom. The van der Waals surface area contributed by atoms with Crippen LogP contribution in [0.4, 0.5) is 5.13 Å². The average Bonchev–Trinajstić information content (AvgIpc) is 3.13. The second-order valence-corrected chi connectivity index (χ2v) is 8.00. The predicted molar refractivity (Wildman–Crippen MR) is 111 cm³/mol. The molecule has 1 amide bonds. The molecule has 27 heavy (non-hydrogen) atoms. The van der Waals surface area contributed by atoms with Crippen LogP contribution >= 0.6 is 34.7 Å². The Bertz CT molecular complexity index is 911. The highest BCUT2D eigenvalue weighted by Crippen LogP contribution is 2.29. The number of hydrogen-bond acceptors (Lipinski definition) is 6. The summed E-state index contributed by atoms with van der Waals surface area (Å²) in [6, 6.07) is 14.5. The maximum Gasteiger partial charge on any atom is 0.257 e. The fraction of sp³-hybridized carbons (Fsp3) is 0.105. The molecule has 3 rings (SSSR count). The van der Waals surface area contributed by atoms with E-state index in [9.17, 15) is 4.79 Å². The lowest BCUT2D eigenvalue weighted by Gasteiger charge is -2.04. The van der Waals surface area contributed by atoms with Crippen LogP contribution in [0.2, 0.25) is 5.02 Å². The lowest BCUT2D eigenvalue weighted by molar-refractivity contribution is 0.102. The Morgan fingerprint density at radius 2 is 1.93 bits per heavy atom. The van der Waals surface area contributed by atoms with Crippen LogP contribution in [0.1, 0.15) is 15.9 Å². The summed E-state index contributed by atoms with van der Waals surface area (Å²) >= 11 is 8.78. The van der Waals surface area contributed by atoms with E-state index in [-0.39, 0.29) is 5.91 Å². The van der Waals surface area contributed by atoms with Gasteiger partial charge in [0, 0.05) is 16.3 Å². The number of anilines is 1. The molecule has 5 nitrogen and oxygen atoms in total. The van der Waals surface area contributed by atoms with Crippen LogP contribution in [-0.2, 0) is 5.75 Å². The molecule has 0 aliphatic heterocycles. The van der Waals surface area contributed by atoms with Crippen LogP contribution in [0, 0.1) is 0 Å². The number of nitrogens with one attached hydrogen (secondary N) is 1. The van der Waals surface area contributed by atoms with Gasteiger partial charge >= 0.3 is 0 Å². The third kappa shape index (κ3) is 5.82. The Morgan fingerprint density at radius 1 is 1.19 bits per heavy atom. The van der Waals surface area contributed by atoms with Crippen LogP contribution in [0.25, 0.3) is 0 Å². The zero-order valence-electron chi connectivity index (χ0n) is 14.2. The molecule has 1 N–H and O–H groups in total. The van der Waals surface area contributed by atoms with Gasteiger partial charge in [-0.05, 0) is 42.0 Å². The van der Waals surface area contributed by atoms with E-state index in [1.807, 2.05) is 24.3 Å². The molecule has 1 heterocycles. The maximum absolute atomic E-state index is 12.3. The fourth-order valence-corrected chi connectivity index (χ4v) is 3.90. The van der Waals surface area contributed by atoms with Crippen molar-refractivity contribution in [1.82, 2.24) is 10.2 Å². The minimum atomic E-state index is -0.240. The molecule has 0 bridgehead atoms. The highest BCUT2D eigenvalue weighted by molar-refractivity contribution is 8.00. The van der Waals surface area contributed by atoms with Crippen molar-refractivity contribution < 1.29 is 9.53 Å². The third-order valence-electron chi connectivity index (χ3n) is 3.39. The van der Waals surface area contributed by atoms with Crippen molar-refractivity contribution in [2.45, 2.75) is 10.1 Å². The van der Waals surface area contributed by atoms with Gasteiger partial charge in [-0.2, -0.15) is 0 Å². The second-order valence-electron chi connectivity index (χ2n) is 5.37. The molecule has 1 aromatic heterocycles. The number of hydrogen-bond donors (Lipinski definition) is 1. The second kappa shape index (κ2) is 9.55. The molecule has 0 unspecified atom stereocenters. The van der Waals surface area contributed by atoms with Gasteiger partial charge in [0.1, 0.15) is 12.4 Å². The van der Waals surface area contributed by atoms with Crippen molar-refractivity contribution in [1.29, 1.82) is 0 Å². The molecular formula is C19H16ClN3O2S2. The highest BCUT2D eigenvalue weighted by atomic mass is 35.5. The average molecular weight is 418 g/mol. The van der Waals surface area contributed by atoms with Gasteiger partial charge in [0.2, 0.25) is 5.13 Å². The summed E-state index contributed by atoms with van der Waals surface area (Å²) in [5.41, 5.74) is 1.66. The number of halogens is 1. The Kier molecular flexibility index (Phi) is 6.86. The molecule has 2 aromatic carbocycles. The van der Waals surface area contributed by atoms with Crippen LogP contribution in [0.3, 0.4) is 0 Å². The number of nitrogens with zero attached hydrogens (tertiary/aromatic N) is 2. The van der Waals surface area contributed by atoms with Gasteiger partial charge in [-0.3, -0.25) is 10.1 Å². The number of aromatic nitrogens is 2. The molecule has 0 fully saturated rings. The third-order valence-corrected chi connectivity index (χ3v) is 5.68. The number of amides is 1. The summed E-state index contributed by atoms with van der Waals surface area (Å²) in [4.78, 5) is 12.3. The Hall–Kier alpha value is -2.35. The van der Waals surface area contributed by atoms with Crippen molar-refractivity contribution in [3.05, 3.63) is 77.3 Å². The zero-order valence-corrected chi connectivity index (χ0v) is 16.6. The zero-order chi connectivity index (χ0) is 19.1. The summed E-state index contributed by atoms with van der Waals surface area (Å²) in [5.74, 6) is 1.20. The van der Waals surface area contributed by atoms with Crippen molar-refractivity contribution in [3.63, 3.8) is 0 Å². The number of ether oxygens (including phenoxy) is 1. The minimum absolute atomic E-state index is 0.240. The standard InChI is InChI=1S/C19H16ClN3O2S2/c1-2-11-25-16-9-5-14(6-10-16)17(24)21-18-22-23-19(27-18)26-12-13-3-7-15(20)8-4-13/h2-10H,1,11-12H2,(H,21,22,24). The topological polar surface area (TPSA) is 64.1 Å². The first-order chi connectivity index (χ1) is 13.1. The first kappa shape index (κ1) is 19.4. The Labute approximate surface area is 170 Å². The van der Waals surface area contributed by atoms with Crippen LogP contribution in [-0.4, -0.2) is 22.7 Å². The van der Waals surface area contributed by atoms with Crippen LogP contribution < -0.4 is 10.1 Å². The summed E-state index contributed by atoms with van der Waals surface area (Å²) in [7, 11) is 0. The molecule has 0 radical (unpaired) electrons.